The molecule has 0 unspecified atom stereocenters. The van der Waals surface area contributed by atoms with Crippen LogP contribution in [0.25, 0.3) is 182 Å². The summed E-state index contributed by atoms with van der Waals surface area (Å²) in [6.45, 7) is 15.5. The van der Waals surface area contributed by atoms with Crippen LogP contribution in [0.1, 0.15) is 33.3 Å². The topological polar surface area (TPSA) is 108 Å². The Hall–Kier alpha value is -14.9. The molecule has 21 rings (SSSR count). The summed E-state index contributed by atoms with van der Waals surface area (Å²) in [6.07, 6.45) is 0. The number of hydrogen-bond donors (Lipinski definition) is 0. The number of benzene rings is 18. The molecule has 0 N–H and O–H groups in total. The summed E-state index contributed by atoms with van der Waals surface area (Å²) in [5, 5.41) is 39.0. The fourth-order valence-corrected chi connectivity index (χ4v) is 16.3. The molecule has 1 fully saturated rings. The van der Waals surface area contributed by atoms with Gasteiger partial charge in [0.15, 0.2) is 5.69 Å². The van der Waals surface area contributed by atoms with Crippen molar-refractivity contribution in [3.63, 3.8) is 0 Å². The summed E-state index contributed by atoms with van der Waals surface area (Å²) in [5.41, 5.74) is 27.0. The maximum Gasteiger partial charge on any atom is 0.494 e. The lowest BCUT2D eigenvalue weighted by Crippen LogP contribution is -2.41. The number of nitrogens with zero attached hydrogens (tertiary/aromatic N) is 8. The SMILES string of the molecule is CC1(C)OB(c2ccc(-c3ccc(-c4ccc(C#N)cc4)cc3)cc2)OC1(C)C.Clc1cc2nn(-c3ccc(-c4cc5ccccc5c5ccccc45)cc3)nc2cc1-c1ccccc1.[C-]#[N+]c1ccc(-c2ccc(-c3ccc(-c4cc5nn(-c6ccc(-c7cc8ccccc8c8ccccc78)cc6)nc5cc4-c4ccccc4)cc3)cc2)cc1. The molecule has 18 aromatic carbocycles. The monoisotopic (exact) mass is 1560 g/mol. The number of fused-ring (bicyclic) bond motifs is 8. The third-order valence-electron chi connectivity index (χ3n) is 23.3. The Morgan fingerprint density at radius 2 is 0.600 bits per heavy atom. The first-order valence-corrected chi connectivity index (χ1v) is 40.5. The molecule has 2 aromatic heterocycles. The van der Waals surface area contributed by atoms with Crippen molar-refractivity contribution in [3.05, 3.63) is 410 Å². The van der Waals surface area contributed by atoms with Crippen molar-refractivity contribution in [3.8, 4) is 118 Å². The van der Waals surface area contributed by atoms with Gasteiger partial charge in [-0.2, -0.15) is 14.9 Å². The van der Waals surface area contributed by atoms with E-state index in [1.54, 1.807) is 9.59 Å². The Morgan fingerprint density at radius 1 is 0.308 bits per heavy atom. The summed E-state index contributed by atoms with van der Waals surface area (Å²) in [6, 6.07) is 136. The molecule has 10 nitrogen and oxygen atoms in total. The molecule has 0 bridgehead atoms. The fraction of sp³-hybridized carbons (Fsp3) is 0.0556. The highest BCUT2D eigenvalue weighted by atomic mass is 35.5. The summed E-state index contributed by atoms with van der Waals surface area (Å²) < 4.78 is 12.3. The van der Waals surface area contributed by atoms with Crippen LogP contribution in [-0.2, 0) is 9.31 Å². The van der Waals surface area contributed by atoms with E-state index in [-0.39, 0.29) is 18.3 Å². The largest absolute Gasteiger partial charge is 0.494 e. The molecule has 0 atom stereocenters. The first kappa shape index (κ1) is 75.1. The van der Waals surface area contributed by atoms with Gasteiger partial charge >= 0.3 is 7.12 Å². The van der Waals surface area contributed by atoms with Crippen molar-refractivity contribution in [1.82, 2.24) is 30.0 Å². The van der Waals surface area contributed by atoms with E-state index >= 15 is 0 Å². The van der Waals surface area contributed by atoms with Crippen LogP contribution in [-0.4, -0.2) is 48.3 Å². The minimum Gasteiger partial charge on any atom is -0.399 e. The van der Waals surface area contributed by atoms with Crippen LogP contribution in [0, 0.1) is 17.9 Å². The van der Waals surface area contributed by atoms with Crippen molar-refractivity contribution < 1.29 is 9.31 Å². The van der Waals surface area contributed by atoms with Crippen molar-refractivity contribution in [2.24, 2.45) is 0 Å². The maximum absolute atomic E-state index is 8.94. The van der Waals surface area contributed by atoms with E-state index in [4.69, 9.17) is 53.1 Å². The second-order valence-corrected chi connectivity index (χ2v) is 31.6. The van der Waals surface area contributed by atoms with Crippen LogP contribution < -0.4 is 5.46 Å². The smallest absolute Gasteiger partial charge is 0.399 e. The predicted molar refractivity (Wildman–Crippen MR) is 495 cm³/mol. The zero-order chi connectivity index (χ0) is 81.4. The number of aromatic nitrogens is 6. The molecule has 20 aromatic rings. The predicted octanol–water partition coefficient (Wildman–Crippen LogP) is 27.5. The lowest BCUT2D eigenvalue weighted by molar-refractivity contribution is 0.00578. The Bertz CT molecular complexity index is 7290. The van der Waals surface area contributed by atoms with Crippen molar-refractivity contribution in [2.75, 3.05) is 0 Å². The molecule has 1 aliphatic heterocycles. The summed E-state index contributed by atoms with van der Waals surface area (Å²) >= 11 is 6.59. The molecule has 1 saturated heterocycles. The van der Waals surface area contributed by atoms with Crippen molar-refractivity contribution in [1.29, 1.82) is 5.26 Å². The Kier molecular flexibility index (Phi) is 20.0. The molecule has 1 aliphatic rings. The Balaban J connectivity index is 0.000000127. The molecule has 0 spiro atoms. The van der Waals surface area contributed by atoms with Gasteiger partial charge in [0.05, 0.1) is 45.8 Å². The van der Waals surface area contributed by atoms with Crippen LogP contribution in [0.3, 0.4) is 0 Å². The molecule has 3 heterocycles. The minimum atomic E-state index is -0.340. The van der Waals surface area contributed by atoms with Crippen LogP contribution in [0.2, 0.25) is 5.02 Å². The maximum atomic E-state index is 8.94. The number of rotatable bonds is 12. The summed E-state index contributed by atoms with van der Waals surface area (Å²) in [5.74, 6) is 0. The van der Waals surface area contributed by atoms with Gasteiger partial charge in [0, 0.05) is 5.56 Å². The normalized spacial score (nSPS) is 12.7. The molecular formula is C108H76BClN8O2. The van der Waals surface area contributed by atoms with Gasteiger partial charge in [-0.15, -0.1) is 20.4 Å². The van der Waals surface area contributed by atoms with Gasteiger partial charge in [-0.3, -0.25) is 0 Å². The van der Waals surface area contributed by atoms with Gasteiger partial charge in [-0.1, -0.05) is 327 Å². The number of halogens is 1. The van der Waals surface area contributed by atoms with Crippen molar-refractivity contribution >= 4 is 95.0 Å². The van der Waals surface area contributed by atoms with Gasteiger partial charge in [-0.05, 0) is 244 Å². The zero-order valence-electron chi connectivity index (χ0n) is 66.3. The van der Waals surface area contributed by atoms with Gasteiger partial charge in [0.1, 0.15) is 22.1 Å². The lowest BCUT2D eigenvalue weighted by atomic mass is 9.78. The molecule has 0 aliphatic carbocycles. The first-order valence-electron chi connectivity index (χ1n) is 40.1. The molecule has 12 heteroatoms. The van der Waals surface area contributed by atoms with E-state index in [0.29, 0.717) is 16.3 Å². The van der Waals surface area contributed by atoms with Gasteiger partial charge in [-0.25, -0.2) is 4.85 Å². The average molecular weight is 1560 g/mol. The second-order valence-electron chi connectivity index (χ2n) is 31.2. The third-order valence-corrected chi connectivity index (χ3v) is 23.6. The first-order chi connectivity index (χ1) is 58.7. The van der Waals surface area contributed by atoms with E-state index < -0.39 is 0 Å². The van der Waals surface area contributed by atoms with E-state index in [1.165, 1.54) is 54.2 Å². The van der Waals surface area contributed by atoms with E-state index in [1.807, 2.05) is 97.1 Å². The van der Waals surface area contributed by atoms with E-state index in [9.17, 15) is 0 Å². The van der Waals surface area contributed by atoms with E-state index in [0.717, 1.165) is 128 Å². The Labute approximate surface area is 701 Å². The third kappa shape index (κ3) is 14.9. The molecule has 570 valence electrons. The lowest BCUT2D eigenvalue weighted by Gasteiger charge is -2.32. The molecular weight excluding hydrogens is 1490 g/mol. The fourth-order valence-electron chi connectivity index (χ4n) is 16.0. The molecule has 0 radical (unpaired) electrons. The number of hydrogen-bond acceptors (Lipinski definition) is 7. The molecule has 120 heavy (non-hydrogen) atoms. The van der Waals surface area contributed by atoms with Crippen molar-refractivity contribution in [2.45, 2.75) is 38.9 Å². The summed E-state index contributed by atoms with van der Waals surface area (Å²) in [4.78, 5) is 6.93. The van der Waals surface area contributed by atoms with E-state index in [2.05, 4.69) is 330 Å². The highest BCUT2D eigenvalue weighted by molar-refractivity contribution is 6.62. The standard InChI is InChI=1S/C51H32N4.C32H20ClN3.C25H24BNO2/c1-52-42-27-23-37(24-28-42)35-17-15-34(16-18-35)36-19-21-39(22-20-36)49-33-51-50(32-48(49)38-9-3-2-4-10-38)53-55(54-51)43-29-25-40(26-30-43)47-31-41-11-5-6-12-44(41)45-13-7-8-14-46(45)47;33-30-20-32-31(19-29(30)21-8-2-1-3-9-21)34-36(35-32)24-16-14-22(15-17-24)28-18-23-10-4-5-11-25(23)26-12-6-7-13-27(26)28;1-24(2)25(3,4)29-26(28-24)23-15-13-22(14-16-23)21-11-9-20(10-12-21)19-7-5-18(17-27)6-8-19/h2-33H;1-20H;5-16H,1-4H3. The van der Waals surface area contributed by atoms with Gasteiger partial charge < -0.3 is 9.31 Å². The second kappa shape index (κ2) is 31.9. The highest BCUT2D eigenvalue weighted by Gasteiger charge is 2.51. The average Bonchev–Trinajstić information content (AvgIpc) is 1.74. The quantitative estimate of drug-likeness (QED) is 0.0681. The van der Waals surface area contributed by atoms with Crippen LogP contribution in [0.4, 0.5) is 5.69 Å². The molecule has 0 saturated carbocycles. The molecule has 0 amide bonds. The van der Waals surface area contributed by atoms with Crippen LogP contribution in [0.15, 0.2) is 388 Å². The zero-order valence-corrected chi connectivity index (χ0v) is 67.1. The minimum absolute atomic E-state index is 0.336. The highest BCUT2D eigenvalue weighted by Crippen LogP contribution is 2.42. The number of nitriles is 1. The van der Waals surface area contributed by atoms with Gasteiger partial charge in [0.2, 0.25) is 0 Å². The van der Waals surface area contributed by atoms with Crippen LogP contribution in [0.5, 0.6) is 0 Å². The Morgan fingerprint density at radius 3 is 0.992 bits per heavy atom. The van der Waals surface area contributed by atoms with Gasteiger partial charge in [0.25, 0.3) is 0 Å². The van der Waals surface area contributed by atoms with Crippen LogP contribution >= 0.6 is 11.6 Å². The summed E-state index contributed by atoms with van der Waals surface area (Å²) in [7, 11) is -0.340.